The van der Waals surface area contributed by atoms with Crippen LogP contribution in [0.4, 0.5) is 0 Å². The second-order valence-corrected chi connectivity index (χ2v) is 16.0. The zero-order valence-electron chi connectivity index (χ0n) is 29.4. The maximum atomic E-state index is 2.47. The van der Waals surface area contributed by atoms with Gasteiger partial charge in [0.05, 0.1) is 33.1 Å². The quantitative estimate of drug-likeness (QED) is 0.153. The molecule has 11 aromatic rings. The van der Waals surface area contributed by atoms with Crippen molar-refractivity contribution in [3.63, 3.8) is 0 Å². The van der Waals surface area contributed by atoms with E-state index in [4.69, 9.17) is 0 Å². The first-order valence-corrected chi connectivity index (χ1v) is 19.8. The Hall–Kier alpha value is -6.67. The lowest BCUT2D eigenvalue weighted by molar-refractivity contribution is 1.15. The molecule has 0 spiro atoms. The minimum atomic E-state index is -0.691. The van der Waals surface area contributed by atoms with E-state index in [1.54, 1.807) is 0 Å². The second kappa shape index (κ2) is 12.5. The highest BCUT2D eigenvalue weighted by molar-refractivity contribution is 7.79. The van der Waals surface area contributed by atoms with Gasteiger partial charge in [0.15, 0.2) is 0 Å². The van der Waals surface area contributed by atoms with E-state index in [0.29, 0.717) is 0 Å². The summed E-state index contributed by atoms with van der Waals surface area (Å²) in [6, 6.07) is 75.4. The van der Waals surface area contributed by atoms with Crippen LogP contribution in [0.3, 0.4) is 0 Å². The Morgan fingerprint density at radius 2 is 0.537 bits per heavy atom. The molecule has 8 aromatic carbocycles. The first kappa shape index (κ1) is 30.9. The summed E-state index contributed by atoms with van der Waals surface area (Å²) in [7, 11) is -0.691. The third kappa shape index (κ3) is 4.72. The fourth-order valence-corrected chi connectivity index (χ4v) is 10.8. The van der Waals surface area contributed by atoms with Gasteiger partial charge in [-0.3, -0.25) is 0 Å². The molecule has 3 heterocycles. The minimum Gasteiger partial charge on any atom is -0.309 e. The van der Waals surface area contributed by atoms with E-state index in [1.807, 2.05) is 0 Å². The molecule has 0 saturated heterocycles. The summed E-state index contributed by atoms with van der Waals surface area (Å²) >= 11 is 0. The van der Waals surface area contributed by atoms with E-state index in [1.165, 1.54) is 70.6 Å². The minimum absolute atomic E-state index is 0.691. The number of hydrogen-bond donors (Lipinski definition) is 0. The van der Waals surface area contributed by atoms with Gasteiger partial charge in [-0.25, -0.2) is 0 Å². The van der Waals surface area contributed by atoms with Crippen molar-refractivity contribution in [3.8, 4) is 17.1 Å². The smallest absolute Gasteiger partial charge is 0.0803 e. The zero-order chi connectivity index (χ0) is 35.6. The second-order valence-electron chi connectivity index (χ2n) is 13.8. The van der Waals surface area contributed by atoms with Crippen LogP contribution in [-0.2, 0) is 0 Å². The fourth-order valence-electron chi connectivity index (χ4n) is 8.53. The van der Waals surface area contributed by atoms with Gasteiger partial charge in [0, 0.05) is 38.6 Å². The van der Waals surface area contributed by atoms with Gasteiger partial charge in [-0.15, -0.1) is 0 Å². The van der Waals surface area contributed by atoms with E-state index < -0.39 is 7.92 Å². The predicted octanol–water partition coefficient (Wildman–Crippen LogP) is 11.6. The van der Waals surface area contributed by atoms with E-state index in [0.717, 1.165) is 17.1 Å². The monoisotopic (exact) mass is 707 g/mol. The lowest BCUT2D eigenvalue weighted by Crippen LogP contribution is -2.20. The van der Waals surface area contributed by atoms with Crippen LogP contribution in [0.2, 0.25) is 0 Å². The van der Waals surface area contributed by atoms with E-state index in [-0.39, 0.29) is 0 Å². The molecule has 0 fully saturated rings. The third-order valence-corrected chi connectivity index (χ3v) is 13.3. The molecule has 3 nitrogen and oxygen atoms in total. The molecular weight excluding hydrogens is 674 g/mol. The number of nitrogens with zero attached hydrogens (tertiary/aromatic N) is 3. The summed E-state index contributed by atoms with van der Waals surface area (Å²) in [6.07, 6.45) is 0. The summed E-state index contributed by atoms with van der Waals surface area (Å²) in [5, 5.41) is 9.05. The summed E-state index contributed by atoms with van der Waals surface area (Å²) in [5.41, 5.74) is 10.7. The number of fused-ring (bicyclic) bond motifs is 8. The van der Waals surface area contributed by atoms with Crippen LogP contribution in [0.5, 0.6) is 0 Å². The average molecular weight is 708 g/mol. The van der Waals surface area contributed by atoms with E-state index in [9.17, 15) is 0 Å². The average Bonchev–Trinajstić information content (AvgIpc) is 3.88. The van der Waals surface area contributed by atoms with Crippen molar-refractivity contribution in [2.24, 2.45) is 0 Å². The van der Waals surface area contributed by atoms with E-state index >= 15 is 0 Å². The van der Waals surface area contributed by atoms with E-state index in [2.05, 4.69) is 220 Å². The molecule has 0 radical (unpaired) electrons. The zero-order valence-corrected chi connectivity index (χ0v) is 30.3. The number of aromatic nitrogens is 3. The molecule has 11 rings (SSSR count). The van der Waals surface area contributed by atoms with Crippen molar-refractivity contribution in [2.45, 2.75) is 0 Å². The van der Waals surface area contributed by atoms with Gasteiger partial charge < -0.3 is 13.7 Å². The number of hydrogen-bond acceptors (Lipinski definition) is 0. The molecule has 54 heavy (non-hydrogen) atoms. The Bertz CT molecular complexity index is 3040. The molecule has 254 valence electrons. The highest BCUT2D eigenvalue weighted by Gasteiger charge is 2.23. The van der Waals surface area contributed by atoms with Crippen molar-refractivity contribution >= 4 is 78.5 Å². The van der Waals surface area contributed by atoms with Gasteiger partial charge in [-0.1, -0.05) is 146 Å². The van der Waals surface area contributed by atoms with Gasteiger partial charge in [-0.05, 0) is 84.5 Å². The Labute approximate surface area is 314 Å². The first-order valence-electron chi connectivity index (χ1n) is 18.5. The molecule has 0 aliphatic rings. The highest BCUT2D eigenvalue weighted by atomic mass is 31.1. The number of para-hydroxylation sites is 4. The van der Waals surface area contributed by atoms with Crippen LogP contribution in [0.25, 0.3) is 71.7 Å². The lowest BCUT2D eigenvalue weighted by Gasteiger charge is -2.20. The van der Waals surface area contributed by atoms with Gasteiger partial charge in [0.1, 0.15) is 0 Å². The maximum Gasteiger partial charge on any atom is 0.0803 e. The molecule has 0 amide bonds. The number of rotatable bonds is 6. The molecule has 0 aliphatic heterocycles. The SMILES string of the molecule is c1ccc(P(c2ccccc2)c2ccc(-n3c4ccccc4c4c3c3ccccc3n4-c3ccc(-n4c5ccccc5c5ccccc54)cc3)cc2)cc1. The molecule has 3 aromatic heterocycles. The van der Waals surface area contributed by atoms with Crippen LogP contribution in [-0.4, -0.2) is 13.7 Å². The van der Waals surface area contributed by atoms with Crippen molar-refractivity contribution in [1.29, 1.82) is 0 Å². The highest BCUT2D eigenvalue weighted by Crippen LogP contribution is 2.41. The molecule has 0 aliphatic carbocycles. The van der Waals surface area contributed by atoms with Crippen LogP contribution < -0.4 is 15.9 Å². The summed E-state index contributed by atoms with van der Waals surface area (Å²) < 4.78 is 7.31. The largest absolute Gasteiger partial charge is 0.309 e. The van der Waals surface area contributed by atoms with Crippen molar-refractivity contribution < 1.29 is 0 Å². The van der Waals surface area contributed by atoms with Gasteiger partial charge in [0.25, 0.3) is 0 Å². The van der Waals surface area contributed by atoms with Crippen LogP contribution in [0.1, 0.15) is 0 Å². The standard InChI is InChI=1S/C50H34N3P/c1-3-15-38(16-4-1)54(39-17-5-2-6-18-39)40-33-31-37(32-34-40)53-48-26-14-10-22-44(48)49-50(53)43-21-9-13-25-47(43)52(49)36-29-27-35(28-30-36)51-45-23-11-7-19-41(45)42-20-8-12-24-46(42)51/h1-34H. The Balaban J connectivity index is 1.09. The van der Waals surface area contributed by atoms with Crippen LogP contribution in [0, 0.1) is 0 Å². The Kier molecular flexibility index (Phi) is 7.15. The fraction of sp³-hybridized carbons (Fsp3) is 0. The van der Waals surface area contributed by atoms with Crippen molar-refractivity contribution in [1.82, 2.24) is 13.7 Å². The molecule has 4 heteroatoms. The Morgan fingerprint density at radius 1 is 0.241 bits per heavy atom. The molecule has 0 saturated carbocycles. The molecule has 0 bridgehead atoms. The summed E-state index contributed by atoms with van der Waals surface area (Å²) in [6.45, 7) is 0. The molecular formula is C50H34N3P. The first-order chi connectivity index (χ1) is 26.8. The molecule has 0 unspecified atom stereocenters. The predicted molar refractivity (Wildman–Crippen MR) is 231 cm³/mol. The van der Waals surface area contributed by atoms with Crippen molar-refractivity contribution in [3.05, 3.63) is 206 Å². The topological polar surface area (TPSA) is 14.8 Å². The normalized spacial score (nSPS) is 11.9. The summed E-state index contributed by atoms with van der Waals surface area (Å²) in [4.78, 5) is 0. The third-order valence-electron chi connectivity index (χ3n) is 10.8. The van der Waals surface area contributed by atoms with Crippen LogP contribution >= 0.6 is 7.92 Å². The molecule has 0 N–H and O–H groups in total. The van der Waals surface area contributed by atoms with Gasteiger partial charge >= 0.3 is 0 Å². The molecule has 0 atom stereocenters. The maximum absolute atomic E-state index is 2.47. The lowest BCUT2D eigenvalue weighted by atomic mass is 10.2. The van der Waals surface area contributed by atoms with Gasteiger partial charge in [-0.2, -0.15) is 0 Å². The van der Waals surface area contributed by atoms with Crippen LogP contribution in [0.15, 0.2) is 206 Å². The number of benzene rings is 8. The van der Waals surface area contributed by atoms with Crippen molar-refractivity contribution in [2.75, 3.05) is 0 Å². The Morgan fingerprint density at radius 3 is 0.963 bits per heavy atom. The summed E-state index contributed by atoms with van der Waals surface area (Å²) in [5.74, 6) is 0. The van der Waals surface area contributed by atoms with Gasteiger partial charge in [0.2, 0.25) is 0 Å².